The summed E-state index contributed by atoms with van der Waals surface area (Å²) in [6.07, 6.45) is 6.20. The minimum atomic E-state index is -0.703. The molecule has 2 aliphatic carbocycles. The summed E-state index contributed by atoms with van der Waals surface area (Å²) in [7, 11) is 1.63. The predicted molar refractivity (Wildman–Crippen MR) is 83.0 cm³/mol. The largest absolute Gasteiger partial charge is 0.509 e. The van der Waals surface area contributed by atoms with Gasteiger partial charge in [-0.25, -0.2) is 9.59 Å². The first-order valence-electron chi connectivity index (χ1n) is 8.37. The van der Waals surface area contributed by atoms with Crippen LogP contribution in [0, 0.1) is 0 Å². The van der Waals surface area contributed by atoms with Crippen LogP contribution in [0.25, 0.3) is 0 Å². The fourth-order valence-corrected chi connectivity index (χ4v) is 3.27. The molecule has 0 aliphatic heterocycles. The van der Waals surface area contributed by atoms with E-state index >= 15 is 0 Å². The summed E-state index contributed by atoms with van der Waals surface area (Å²) in [4.78, 5) is 23.5. The number of hydrogen-bond acceptors (Lipinski definition) is 6. The Balaban J connectivity index is 1.86. The van der Waals surface area contributed by atoms with Crippen molar-refractivity contribution < 1.29 is 28.5 Å². The first kappa shape index (κ1) is 17.8. The van der Waals surface area contributed by atoms with Gasteiger partial charge in [0.15, 0.2) is 0 Å². The first-order chi connectivity index (χ1) is 11.1. The van der Waals surface area contributed by atoms with Crippen molar-refractivity contribution >= 4 is 12.1 Å². The molecule has 0 aromatic carbocycles. The average molecular weight is 326 g/mol. The van der Waals surface area contributed by atoms with Crippen molar-refractivity contribution in [3.63, 3.8) is 0 Å². The maximum atomic E-state index is 12.1. The first-order valence-corrected chi connectivity index (χ1v) is 8.37. The van der Waals surface area contributed by atoms with Gasteiger partial charge in [-0.3, -0.25) is 0 Å². The molecule has 0 amide bonds. The highest BCUT2D eigenvalue weighted by atomic mass is 16.7. The van der Waals surface area contributed by atoms with Crippen molar-refractivity contribution in [2.75, 3.05) is 7.11 Å². The van der Waals surface area contributed by atoms with Gasteiger partial charge in [0, 0.05) is 13.2 Å². The molecule has 6 heteroatoms. The third-order valence-corrected chi connectivity index (χ3v) is 4.52. The van der Waals surface area contributed by atoms with Crippen LogP contribution in [0.3, 0.4) is 0 Å². The molecular formula is C17H26O6. The Hall–Kier alpha value is -1.56. The van der Waals surface area contributed by atoms with Crippen LogP contribution < -0.4 is 0 Å². The maximum Gasteiger partial charge on any atom is 0.509 e. The van der Waals surface area contributed by atoms with Crippen LogP contribution >= 0.6 is 0 Å². The van der Waals surface area contributed by atoms with Crippen LogP contribution in [0.4, 0.5) is 4.79 Å². The molecule has 0 heterocycles. The Morgan fingerprint density at radius 2 is 1.26 bits per heavy atom. The van der Waals surface area contributed by atoms with E-state index in [2.05, 4.69) is 6.58 Å². The summed E-state index contributed by atoms with van der Waals surface area (Å²) in [5.74, 6) is -0.495. The lowest BCUT2D eigenvalue weighted by Crippen LogP contribution is -2.40. The zero-order valence-electron chi connectivity index (χ0n) is 13.7. The number of ether oxygens (including phenoxy) is 4. The van der Waals surface area contributed by atoms with Crippen molar-refractivity contribution in [1.82, 2.24) is 0 Å². The van der Waals surface area contributed by atoms with Gasteiger partial charge in [0.25, 0.3) is 0 Å². The summed E-state index contributed by atoms with van der Waals surface area (Å²) >= 11 is 0. The van der Waals surface area contributed by atoms with E-state index in [0.717, 1.165) is 44.6 Å². The topological polar surface area (TPSA) is 71.1 Å². The molecule has 0 bridgehead atoms. The highest BCUT2D eigenvalue weighted by Gasteiger charge is 2.34. The summed E-state index contributed by atoms with van der Waals surface area (Å²) in [6, 6.07) is 0. The minimum absolute atomic E-state index is 0.0722. The van der Waals surface area contributed by atoms with Gasteiger partial charge in [0.1, 0.15) is 18.3 Å². The van der Waals surface area contributed by atoms with Crippen molar-refractivity contribution in [2.45, 2.75) is 75.8 Å². The lowest BCUT2D eigenvalue weighted by molar-refractivity contribution is -0.154. The summed E-state index contributed by atoms with van der Waals surface area (Å²) in [5, 5.41) is 0. The second kappa shape index (κ2) is 8.91. The Kier molecular flexibility index (Phi) is 6.89. The molecule has 2 aliphatic rings. The Morgan fingerprint density at radius 1 is 0.826 bits per heavy atom. The van der Waals surface area contributed by atoms with E-state index in [-0.39, 0.29) is 12.2 Å². The standard InChI is InChI=1S/C17H26O6/c1-3-16(18)21-14-10-6-7-11-15(14)23-17(19)22-13-9-5-4-8-12(13)20-2/h3,12-15H,1,4-11H2,2H3. The van der Waals surface area contributed by atoms with Gasteiger partial charge in [0.2, 0.25) is 0 Å². The fraction of sp³-hybridized carbons (Fsp3) is 0.765. The second-order valence-electron chi connectivity index (χ2n) is 6.09. The molecular weight excluding hydrogens is 300 g/mol. The fourth-order valence-electron chi connectivity index (χ4n) is 3.27. The molecule has 23 heavy (non-hydrogen) atoms. The summed E-state index contributed by atoms with van der Waals surface area (Å²) in [6.45, 7) is 3.39. The van der Waals surface area contributed by atoms with Crippen LogP contribution in [0.1, 0.15) is 51.4 Å². The molecule has 0 radical (unpaired) electrons. The lowest BCUT2D eigenvalue weighted by atomic mass is 9.94. The van der Waals surface area contributed by atoms with Gasteiger partial charge in [-0.05, 0) is 44.9 Å². The number of carbonyl (C=O) groups is 2. The number of methoxy groups -OCH3 is 1. The number of esters is 1. The molecule has 0 aromatic rings. The van der Waals surface area contributed by atoms with Crippen molar-refractivity contribution in [3.05, 3.63) is 12.7 Å². The predicted octanol–water partition coefficient (Wildman–Crippen LogP) is 3.14. The van der Waals surface area contributed by atoms with Crippen molar-refractivity contribution in [1.29, 1.82) is 0 Å². The number of hydrogen-bond donors (Lipinski definition) is 0. The molecule has 0 N–H and O–H groups in total. The molecule has 130 valence electrons. The smallest absolute Gasteiger partial charge is 0.455 e. The van der Waals surface area contributed by atoms with Gasteiger partial charge in [-0.2, -0.15) is 0 Å². The normalized spacial score (nSPS) is 31.0. The third-order valence-electron chi connectivity index (χ3n) is 4.52. The van der Waals surface area contributed by atoms with E-state index in [9.17, 15) is 9.59 Å². The van der Waals surface area contributed by atoms with E-state index in [1.165, 1.54) is 0 Å². The zero-order chi connectivity index (χ0) is 16.7. The monoisotopic (exact) mass is 326 g/mol. The summed E-state index contributed by atoms with van der Waals surface area (Å²) in [5.41, 5.74) is 0. The van der Waals surface area contributed by atoms with Crippen LogP contribution in [-0.4, -0.2) is 43.7 Å². The zero-order valence-corrected chi connectivity index (χ0v) is 13.7. The van der Waals surface area contributed by atoms with Crippen molar-refractivity contribution in [3.8, 4) is 0 Å². The Labute approximate surface area is 137 Å². The second-order valence-corrected chi connectivity index (χ2v) is 6.09. The highest BCUT2D eigenvalue weighted by molar-refractivity contribution is 5.81. The van der Waals surface area contributed by atoms with Crippen molar-refractivity contribution in [2.24, 2.45) is 0 Å². The van der Waals surface area contributed by atoms with E-state index in [1.807, 2.05) is 0 Å². The van der Waals surface area contributed by atoms with Crippen LogP contribution in [0.15, 0.2) is 12.7 Å². The molecule has 2 rings (SSSR count). The SMILES string of the molecule is C=CC(=O)OC1CCCCC1OC(=O)OC1CCCCC1OC. The van der Waals surface area contributed by atoms with E-state index in [0.29, 0.717) is 12.8 Å². The van der Waals surface area contributed by atoms with Gasteiger partial charge < -0.3 is 18.9 Å². The van der Waals surface area contributed by atoms with E-state index < -0.39 is 24.3 Å². The minimum Gasteiger partial charge on any atom is -0.455 e. The molecule has 0 aromatic heterocycles. The highest BCUT2D eigenvalue weighted by Crippen LogP contribution is 2.27. The molecule has 4 atom stereocenters. The van der Waals surface area contributed by atoms with Gasteiger partial charge in [-0.1, -0.05) is 13.0 Å². The van der Waals surface area contributed by atoms with Gasteiger partial charge in [0.05, 0.1) is 6.10 Å². The van der Waals surface area contributed by atoms with E-state index in [4.69, 9.17) is 18.9 Å². The number of rotatable bonds is 5. The molecule has 6 nitrogen and oxygen atoms in total. The van der Waals surface area contributed by atoms with Gasteiger partial charge >= 0.3 is 12.1 Å². The van der Waals surface area contributed by atoms with Crippen LogP contribution in [-0.2, 0) is 23.7 Å². The lowest BCUT2D eigenvalue weighted by Gasteiger charge is -2.32. The molecule has 4 unspecified atom stereocenters. The molecule has 0 spiro atoms. The van der Waals surface area contributed by atoms with Crippen LogP contribution in [0.5, 0.6) is 0 Å². The number of carbonyl (C=O) groups excluding carboxylic acids is 2. The third kappa shape index (κ3) is 5.23. The summed E-state index contributed by atoms with van der Waals surface area (Å²) < 4.78 is 21.5. The molecule has 2 fully saturated rings. The molecule has 0 saturated heterocycles. The maximum absolute atomic E-state index is 12.1. The van der Waals surface area contributed by atoms with Crippen LogP contribution in [0.2, 0.25) is 0 Å². The van der Waals surface area contributed by atoms with Gasteiger partial charge in [-0.15, -0.1) is 0 Å². The molecule has 2 saturated carbocycles. The quantitative estimate of drug-likeness (QED) is 0.571. The average Bonchev–Trinajstić information content (AvgIpc) is 2.57. The Morgan fingerprint density at radius 3 is 1.74 bits per heavy atom. The van der Waals surface area contributed by atoms with E-state index in [1.54, 1.807) is 7.11 Å². The Bertz CT molecular complexity index is 421.